The number of aromatic nitrogens is 2. The molecule has 1 aliphatic heterocycles. The van der Waals surface area contributed by atoms with Crippen molar-refractivity contribution in [2.45, 2.75) is 71.1 Å². The first kappa shape index (κ1) is 15.0. The summed E-state index contributed by atoms with van der Waals surface area (Å²) in [7, 11) is 0. The lowest BCUT2D eigenvalue weighted by atomic mass is 9.70. The minimum Gasteiger partial charge on any atom is -0.339 e. The van der Waals surface area contributed by atoms with Crippen molar-refractivity contribution in [3.05, 3.63) is 11.7 Å². The Labute approximate surface area is 128 Å². The summed E-state index contributed by atoms with van der Waals surface area (Å²) in [5, 5.41) is 7.71. The van der Waals surface area contributed by atoms with E-state index < -0.39 is 0 Å². The molecule has 1 saturated heterocycles. The predicted molar refractivity (Wildman–Crippen MR) is 83.3 cm³/mol. The van der Waals surface area contributed by atoms with Crippen molar-refractivity contribution >= 4 is 0 Å². The van der Waals surface area contributed by atoms with Gasteiger partial charge in [0.2, 0.25) is 5.89 Å². The van der Waals surface area contributed by atoms with E-state index in [-0.39, 0.29) is 0 Å². The second kappa shape index (κ2) is 6.07. The van der Waals surface area contributed by atoms with Crippen molar-refractivity contribution in [2.24, 2.45) is 11.3 Å². The molecule has 1 aliphatic carbocycles. The highest BCUT2D eigenvalue weighted by molar-refractivity contribution is 5.02. The van der Waals surface area contributed by atoms with Crippen LogP contribution in [0.1, 0.15) is 82.8 Å². The van der Waals surface area contributed by atoms with Gasteiger partial charge in [0, 0.05) is 12.5 Å². The molecule has 0 unspecified atom stereocenters. The molecule has 1 aromatic rings. The van der Waals surface area contributed by atoms with Gasteiger partial charge in [-0.2, -0.15) is 4.98 Å². The molecule has 4 nitrogen and oxygen atoms in total. The Morgan fingerprint density at radius 2 is 1.81 bits per heavy atom. The SMILES string of the molecule is CC(C)(C)C1CCC(c2noc([C@@H]3CCCNC3)n2)CC1. The summed E-state index contributed by atoms with van der Waals surface area (Å²) in [6.45, 7) is 9.19. The van der Waals surface area contributed by atoms with E-state index in [2.05, 4.69) is 31.2 Å². The van der Waals surface area contributed by atoms with Gasteiger partial charge in [0.1, 0.15) is 0 Å². The highest BCUT2D eigenvalue weighted by Gasteiger charge is 2.32. The number of hydrogen-bond donors (Lipinski definition) is 1. The lowest BCUT2D eigenvalue weighted by Gasteiger charge is -2.36. The largest absolute Gasteiger partial charge is 0.339 e. The van der Waals surface area contributed by atoms with Gasteiger partial charge >= 0.3 is 0 Å². The van der Waals surface area contributed by atoms with E-state index in [4.69, 9.17) is 9.51 Å². The van der Waals surface area contributed by atoms with Crippen LogP contribution in [0, 0.1) is 11.3 Å². The fourth-order valence-corrected chi connectivity index (χ4v) is 3.86. The maximum absolute atomic E-state index is 5.55. The average molecular weight is 291 g/mol. The summed E-state index contributed by atoms with van der Waals surface area (Å²) in [6, 6.07) is 0. The van der Waals surface area contributed by atoms with Crippen LogP contribution in [0.5, 0.6) is 0 Å². The van der Waals surface area contributed by atoms with Gasteiger partial charge in [-0.3, -0.25) is 0 Å². The Kier molecular flexibility index (Phi) is 4.34. The Morgan fingerprint density at radius 1 is 1.05 bits per heavy atom. The number of hydrogen-bond acceptors (Lipinski definition) is 4. The van der Waals surface area contributed by atoms with Crippen LogP contribution in [0.25, 0.3) is 0 Å². The second-order valence-electron chi connectivity index (χ2n) is 7.95. The van der Waals surface area contributed by atoms with Gasteiger partial charge in [-0.1, -0.05) is 25.9 Å². The molecule has 0 bridgehead atoms. The molecule has 4 heteroatoms. The number of rotatable bonds is 2. The van der Waals surface area contributed by atoms with Crippen molar-refractivity contribution in [1.29, 1.82) is 0 Å². The minimum absolute atomic E-state index is 0.422. The van der Waals surface area contributed by atoms with Crippen LogP contribution in [0.2, 0.25) is 0 Å². The van der Waals surface area contributed by atoms with Crippen LogP contribution < -0.4 is 5.32 Å². The van der Waals surface area contributed by atoms with E-state index in [1.165, 1.54) is 38.5 Å². The maximum Gasteiger partial charge on any atom is 0.231 e. The standard InChI is InChI=1S/C17H29N3O/c1-17(2,3)14-8-6-12(7-9-14)15-19-16(21-20-15)13-5-4-10-18-11-13/h12-14,18H,4-11H2,1-3H3/t12?,13-,14?/m1/s1. The average Bonchev–Trinajstić information content (AvgIpc) is 2.97. The summed E-state index contributed by atoms with van der Waals surface area (Å²) in [5.41, 5.74) is 0.432. The molecule has 1 saturated carbocycles. The van der Waals surface area contributed by atoms with Crippen LogP contribution >= 0.6 is 0 Å². The van der Waals surface area contributed by atoms with Gasteiger partial charge in [-0.15, -0.1) is 0 Å². The lowest BCUT2D eigenvalue weighted by Crippen LogP contribution is -2.28. The zero-order chi connectivity index (χ0) is 14.9. The third-order valence-electron chi connectivity index (χ3n) is 5.42. The molecule has 3 rings (SSSR count). The molecular weight excluding hydrogens is 262 g/mol. The summed E-state index contributed by atoms with van der Waals surface area (Å²) in [6.07, 6.45) is 7.39. The zero-order valence-corrected chi connectivity index (χ0v) is 13.7. The van der Waals surface area contributed by atoms with Crippen molar-refractivity contribution < 1.29 is 4.52 Å². The molecule has 0 radical (unpaired) electrons. The molecule has 1 atom stereocenters. The van der Waals surface area contributed by atoms with Gasteiger partial charge in [0.05, 0.1) is 5.92 Å². The maximum atomic E-state index is 5.55. The van der Waals surface area contributed by atoms with E-state index >= 15 is 0 Å². The molecule has 118 valence electrons. The van der Waals surface area contributed by atoms with E-state index in [9.17, 15) is 0 Å². The summed E-state index contributed by atoms with van der Waals surface area (Å²) < 4.78 is 5.55. The smallest absolute Gasteiger partial charge is 0.231 e. The van der Waals surface area contributed by atoms with Gasteiger partial charge in [-0.05, 0) is 56.4 Å². The fourth-order valence-electron chi connectivity index (χ4n) is 3.86. The van der Waals surface area contributed by atoms with E-state index in [1.807, 2.05) is 0 Å². The highest BCUT2D eigenvalue weighted by atomic mass is 16.5. The lowest BCUT2D eigenvalue weighted by molar-refractivity contribution is 0.166. The molecule has 1 aromatic heterocycles. The first-order valence-corrected chi connectivity index (χ1v) is 8.58. The highest BCUT2D eigenvalue weighted by Crippen LogP contribution is 2.42. The van der Waals surface area contributed by atoms with Gasteiger partial charge < -0.3 is 9.84 Å². The van der Waals surface area contributed by atoms with Gasteiger partial charge in [0.15, 0.2) is 5.82 Å². The number of nitrogens with one attached hydrogen (secondary N) is 1. The molecule has 0 amide bonds. The molecular formula is C17H29N3O. The van der Waals surface area contributed by atoms with Crippen molar-refractivity contribution in [3.63, 3.8) is 0 Å². The van der Waals surface area contributed by atoms with Gasteiger partial charge in [0.25, 0.3) is 0 Å². The quantitative estimate of drug-likeness (QED) is 0.899. The Balaban J connectivity index is 1.60. The van der Waals surface area contributed by atoms with Gasteiger partial charge in [-0.25, -0.2) is 0 Å². The monoisotopic (exact) mass is 291 g/mol. The van der Waals surface area contributed by atoms with E-state index in [0.29, 0.717) is 17.3 Å². The Bertz CT molecular complexity index is 449. The molecule has 1 N–H and O–H groups in total. The third kappa shape index (κ3) is 3.47. The molecule has 2 fully saturated rings. The van der Waals surface area contributed by atoms with Crippen LogP contribution in [-0.4, -0.2) is 23.2 Å². The van der Waals surface area contributed by atoms with Crippen molar-refractivity contribution in [2.75, 3.05) is 13.1 Å². The number of nitrogens with zero attached hydrogens (tertiary/aromatic N) is 2. The van der Waals surface area contributed by atoms with Crippen molar-refractivity contribution in [3.8, 4) is 0 Å². The normalized spacial score (nSPS) is 31.3. The molecule has 2 heterocycles. The first-order valence-electron chi connectivity index (χ1n) is 8.58. The minimum atomic E-state index is 0.422. The second-order valence-corrected chi connectivity index (χ2v) is 7.95. The van der Waals surface area contributed by atoms with Crippen LogP contribution in [0.15, 0.2) is 4.52 Å². The van der Waals surface area contributed by atoms with E-state index in [1.54, 1.807) is 0 Å². The van der Waals surface area contributed by atoms with Crippen LogP contribution in [-0.2, 0) is 0 Å². The fraction of sp³-hybridized carbons (Fsp3) is 0.882. The summed E-state index contributed by atoms with van der Waals surface area (Å²) >= 11 is 0. The zero-order valence-electron chi connectivity index (χ0n) is 13.7. The van der Waals surface area contributed by atoms with Crippen molar-refractivity contribution in [1.82, 2.24) is 15.5 Å². The molecule has 0 aromatic carbocycles. The van der Waals surface area contributed by atoms with Crippen LogP contribution in [0.4, 0.5) is 0 Å². The first-order chi connectivity index (χ1) is 10.0. The molecule has 2 aliphatic rings. The molecule has 21 heavy (non-hydrogen) atoms. The summed E-state index contributed by atoms with van der Waals surface area (Å²) in [5.74, 6) is 3.59. The molecule has 0 spiro atoms. The Hall–Kier alpha value is -0.900. The summed E-state index contributed by atoms with van der Waals surface area (Å²) in [4.78, 5) is 4.73. The third-order valence-corrected chi connectivity index (χ3v) is 5.42. The predicted octanol–water partition coefficient (Wildman–Crippen LogP) is 3.86. The van der Waals surface area contributed by atoms with Crippen LogP contribution in [0.3, 0.4) is 0 Å². The number of piperidine rings is 1. The topological polar surface area (TPSA) is 51.0 Å². The van der Waals surface area contributed by atoms with E-state index in [0.717, 1.165) is 30.7 Å². The Morgan fingerprint density at radius 3 is 2.43 bits per heavy atom.